The normalized spacial score (nSPS) is 10.5. The number of benzene rings is 3. The molecule has 1 aromatic heterocycles. The zero-order chi connectivity index (χ0) is 21.8. The van der Waals surface area contributed by atoms with Gasteiger partial charge in [-0.1, -0.05) is 30.3 Å². The second-order valence-corrected chi connectivity index (χ2v) is 7.12. The van der Waals surface area contributed by atoms with E-state index in [1.165, 1.54) is 0 Å². The van der Waals surface area contributed by atoms with Crippen molar-refractivity contribution in [2.24, 2.45) is 0 Å². The van der Waals surface area contributed by atoms with Crippen molar-refractivity contribution < 1.29 is 14.3 Å². The fourth-order valence-electron chi connectivity index (χ4n) is 3.61. The highest BCUT2D eigenvalue weighted by Crippen LogP contribution is 2.32. The number of nitrogens with zero attached hydrogens (tertiary/aromatic N) is 1. The summed E-state index contributed by atoms with van der Waals surface area (Å²) in [5.74, 6) is 1.40. The minimum Gasteiger partial charge on any atom is -0.497 e. The van der Waals surface area contributed by atoms with Crippen molar-refractivity contribution in [3.63, 3.8) is 0 Å². The van der Waals surface area contributed by atoms with Gasteiger partial charge in [0.1, 0.15) is 11.5 Å². The van der Waals surface area contributed by atoms with Crippen LogP contribution in [0.25, 0.3) is 16.8 Å². The summed E-state index contributed by atoms with van der Waals surface area (Å²) in [6, 6.07) is 25.0. The van der Waals surface area contributed by atoms with Crippen LogP contribution in [-0.4, -0.2) is 24.7 Å². The number of para-hydroxylation sites is 1. The summed E-state index contributed by atoms with van der Waals surface area (Å²) >= 11 is 0. The van der Waals surface area contributed by atoms with Crippen molar-refractivity contribution >= 4 is 11.6 Å². The van der Waals surface area contributed by atoms with Gasteiger partial charge in [-0.3, -0.25) is 4.79 Å². The van der Waals surface area contributed by atoms with Gasteiger partial charge in [0.25, 0.3) is 5.91 Å². The summed E-state index contributed by atoms with van der Waals surface area (Å²) in [5, 5.41) is 3.02. The minimum atomic E-state index is -0.151. The first-order valence-electron chi connectivity index (χ1n) is 9.98. The van der Waals surface area contributed by atoms with Gasteiger partial charge in [0.15, 0.2) is 0 Å². The number of carbonyl (C=O) groups excluding carboxylic acids is 1. The van der Waals surface area contributed by atoms with Crippen molar-refractivity contribution in [1.82, 2.24) is 4.57 Å². The van der Waals surface area contributed by atoms with Crippen molar-refractivity contribution in [1.29, 1.82) is 0 Å². The van der Waals surface area contributed by atoms with Crippen LogP contribution in [-0.2, 0) is 0 Å². The molecule has 5 nitrogen and oxygen atoms in total. The maximum atomic E-state index is 13.3. The number of hydrogen-bond acceptors (Lipinski definition) is 3. The molecule has 1 N–H and O–H groups in total. The standard InChI is InChI=1S/C26H24N2O3/c1-18-25(26(29)27-20-7-5-4-6-8-20)24(19-9-13-22(30-2)14-10-19)17-28(18)21-11-15-23(31-3)16-12-21/h4-17H,1-3H3,(H,27,29). The quantitative estimate of drug-likeness (QED) is 0.440. The van der Waals surface area contributed by atoms with Crippen molar-refractivity contribution in [3.8, 4) is 28.3 Å². The number of aromatic nitrogens is 1. The van der Waals surface area contributed by atoms with E-state index < -0.39 is 0 Å². The lowest BCUT2D eigenvalue weighted by molar-refractivity contribution is 0.102. The molecule has 0 aliphatic heterocycles. The second kappa shape index (κ2) is 8.79. The fraction of sp³-hybridized carbons (Fsp3) is 0.115. The van der Waals surface area contributed by atoms with Crippen molar-refractivity contribution in [2.45, 2.75) is 6.92 Å². The maximum absolute atomic E-state index is 13.3. The van der Waals surface area contributed by atoms with E-state index >= 15 is 0 Å². The first-order chi connectivity index (χ1) is 15.1. The third-order valence-corrected chi connectivity index (χ3v) is 5.26. The van der Waals surface area contributed by atoms with Gasteiger partial charge < -0.3 is 19.4 Å². The third-order valence-electron chi connectivity index (χ3n) is 5.26. The molecule has 0 fully saturated rings. The van der Waals surface area contributed by atoms with Gasteiger partial charge in [-0.15, -0.1) is 0 Å². The highest BCUT2D eigenvalue weighted by atomic mass is 16.5. The summed E-state index contributed by atoms with van der Waals surface area (Å²) in [5.41, 5.74) is 4.98. The molecule has 0 bridgehead atoms. The molecule has 4 aromatic rings. The van der Waals surface area contributed by atoms with Crippen LogP contribution in [0.3, 0.4) is 0 Å². The number of carbonyl (C=O) groups is 1. The zero-order valence-corrected chi connectivity index (χ0v) is 17.8. The number of amides is 1. The molecule has 4 rings (SSSR count). The second-order valence-electron chi connectivity index (χ2n) is 7.12. The topological polar surface area (TPSA) is 52.5 Å². The van der Waals surface area contributed by atoms with Gasteiger partial charge in [-0.05, 0) is 61.0 Å². The van der Waals surface area contributed by atoms with Crippen LogP contribution in [0.4, 0.5) is 5.69 Å². The molecule has 5 heteroatoms. The lowest BCUT2D eigenvalue weighted by Crippen LogP contribution is -2.14. The fourth-order valence-corrected chi connectivity index (χ4v) is 3.61. The van der Waals surface area contributed by atoms with Gasteiger partial charge in [0.05, 0.1) is 19.8 Å². The van der Waals surface area contributed by atoms with Crippen LogP contribution in [0.2, 0.25) is 0 Å². The molecular formula is C26H24N2O3. The molecule has 0 spiro atoms. The van der Waals surface area contributed by atoms with E-state index in [9.17, 15) is 4.79 Å². The van der Waals surface area contributed by atoms with Gasteiger partial charge >= 0.3 is 0 Å². The lowest BCUT2D eigenvalue weighted by Gasteiger charge is -2.10. The van der Waals surface area contributed by atoms with E-state index in [0.717, 1.165) is 39.7 Å². The summed E-state index contributed by atoms with van der Waals surface area (Å²) in [6.45, 7) is 1.96. The highest BCUT2D eigenvalue weighted by Gasteiger charge is 2.21. The SMILES string of the molecule is COc1ccc(-c2cn(-c3ccc(OC)cc3)c(C)c2C(=O)Nc2ccccc2)cc1. The van der Waals surface area contributed by atoms with E-state index in [2.05, 4.69) is 5.32 Å². The van der Waals surface area contributed by atoms with Crippen molar-refractivity contribution in [2.75, 3.05) is 19.5 Å². The Hall–Kier alpha value is -3.99. The molecule has 0 radical (unpaired) electrons. The molecule has 3 aromatic carbocycles. The zero-order valence-electron chi connectivity index (χ0n) is 17.8. The Morgan fingerprint density at radius 1 is 0.806 bits per heavy atom. The molecule has 0 saturated carbocycles. The van der Waals surface area contributed by atoms with Gasteiger partial charge in [-0.2, -0.15) is 0 Å². The Labute approximate surface area is 181 Å². The lowest BCUT2D eigenvalue weighted by atomic mass is 10.0. The average Bonchev–Trinajstić information content (AvgIpc) is 3.17. The molecular weight excluding hydrogens is 388 g/mol. The van der Waals surface area contributed by atoms with Crippen LogP contribution >= 0.6 is 0 Å². The Bertz CT molecular complexity index is 1180. The van der Waals surface area contributed by atoms with E-state index in [1.54, 1.807) is 14.2 Å². The number of methoxy groups -OCH3 is 2. The van der Waals surface area contributed by atoms with E-state index in [1.807, 2.05) is 96.6 Å². The predicted octanol–water partition coefficient (Wildman–Crippen LogP) is 5.72. The summed E-state index contributed by atoms with van der Waals surface area (Å²) in [4.78, 5) is 13.3. The van der Waals surface area contributed by atoms with E-state index in [0.29, 0.717) is 5.56 Å². The number of nitrogens with one attached hydrogen (secondary N) is 1. The first kappa shape index (κ1) is 20.3. The molecule has 0 saturated heterocycles. The molecule has 0 unspecified atom stereocenters. The number of hydrogen-bond donors (Lipinski definition) is 1. The van der Waals surface area contributed by atoms with Gasteiger partial charge in [0.2, 0.25) is 0 Å². The predicted molar refractivity (Wildman–Crippen MR) is 123 cm³/mol. The van der Waals surface area contributed by atoms with Crippen LogP contribution < -0.4 is 14.8 Å². The molecule has 156 valence electrons. The molecule has 1 heterocycles. The van der Waals surface area contributed by atoms with Crippen LogP contribution in [0, 0.1) is 6.92 Å². The van der Waals surface area contributed by atoms with E-state index in [-0.39, 0.29) is 5.91 Å². The molecule has 0 aliphatic carbocycles. The average molecular weight is 412 g/mol. The number of rotatable bonds is 6. The smallest absolute Gasteiger partial charge is 0.258 e. The van der Waals surface area contributed by atoms with Gasteiger partial charge in [-0.25, -0.2) is 0 Å². The van der Waals surface area contributed by atoms with Crippen molar-refractivity contribution in [3.05, 3.63) is 96.3 Å². The largest absolute Gasteiger partial charge is 0.497 e. The number of anilines is 1. The van der Waals surface area contributed by atoms with Crippen LogP contribution in [0.15, 0.2) is 85.1 Å². The number of ether oxygens (including phenoxy) is 2. The summed E-state index contributed by atoms with van der Waals surface area (Å²) in [6.07, 6.45) is 2.00. The highest BCUT2D eigenvalue weighted by molar-refractivity contribution is 6.10. The molecule has 31 heavy (non-hydrogen) atoms. The van der Waals surface area contributed by atoms with Crippen LogP contribution in [0.1, 0.15) is 16.1 Å². The first-order valence-corrected chi connectivity index (χ1v) is 9.98. The molecule has 0 atom stereocenters. The van der Waals surface area contributed by atoms with Crippen LogP contribution in [0.5, 0.6) is 11.5 Å². The maximum Gasteiger partial charge on any atom is 0.258 e. The molecule has 0 aliphatic rings. The molecule has 1 amide bonds. The monoisotopic (exact) mass is 412 g/mol. The van der Waals surface area contributed by atoms with E-state index in [4.69, 9.17) is 9.47 Å². The van der Waals surface area contributed by atoms with Gasteiger partial charge in [0, 0.05) is 28.8 Å². The Balaban J connectivity index is 1.81. The Morgan fingerprint density at radius 3 is 1.97 bits per heavy atom. The Morgan fingerprint density at radius 2 is 1.39 bits per heavy atom. The Kier molecular flexibility index (Phi) is 5.76. The summed E-state index contributed by atoms with van der Waals surface area (Å²) in [7, 11) is 3.28. The third kappa shape index (κ3) is 4.16. The minimum absolute atomic E-state index is 0.151. The summed E-state index contributed by atoms with van der Waals surface area (Å²) < 4.78 is 12.6.